The smallest absolute Gasteiger partial charge is 0.321 e. The topological polar surface area (TPSA) is 64.4 Å². The van der Waals surface area contributed by atoms with Crippen LogP contribution in [0, 0.1) is 11.7 Å². The number of anilines is 1. The number of esters is 1. The Morgan fingerprint density at radius 2 is 1.87 bits per heavy atom. The molecule has 2 heterocycles. The van der Waals surface area contributed by atoms with Crippen LogP contribution in [-0.4, -0.2) is 34.6 Å². The van der Waals surface area contributed by atoms with Crippen LogP contribution in [0.4, 0.5) is 10.3 Å². The van der Waals surface area contributed by atoms with Gasteiger partial charge in [-0.1, -0.05) is 37.6 Å². The SMILES string of the molecule is CCCCN1C(=O)[C@@H](C(=O)OCC)[C@H](c2ccc(F)cc2)n2c1nc1ccccc12. The lowest BCUT2D eigenvalue weighted by Crippen LogP contribution is -2.50. The van der Waals surface area contributed by atoms with Crippen LogP contribution in [0.5, 0.6) is 0 Å². The fourth-order valence-corrected chi connectivity index (χ4v) is 4.04. The average molecular weight is 409 g/mol. The third kappa shape index (κ3) is 3.34. The van der Waals surface area contributed by atoms with Gasteiger partial charge in [-0.05, 0) is 43.2 Å². The summed E-state index contributed by atoms with van der Waals surface area (Å²) < 4.78 is 20.8. The summed E-state index contributed by atoms with van der Waals surface area (Å²) in [7, 11) is 0. The Bertz CT molecular complexity index is 1080. The van der Waals surface area contributed by atoms with Crippen LogP contribution in [0.25, 0.3) is 11.0 Å². The Hall–Kier alpha value is -3.22. The maximum absolute atomic E-state index is 13.6. The van der Waals surface area contributed by atoms with Gasteiger partial charge in [0.1, 0.15) is 5.82 Å². The van der Waals surface area contributed by atoms with E-state index in [4.69, 9.17) is 9.72 Å². The quantitative estimate of drug-likeness (QED) is 0.454. The number of hydrogen-bond donors (Lipinski definition) is 0. The molecule has 0 N–H and O–H groups in total. The number of aromatic nitrogens is 2. The largest absolute Gasteiger partial charge is 0.465 e. The number of fused-ring (bicyclic) bond motifs is 3. The van der Waals surface area contributed by atoms with E-state index in [0.29, 0.717) is 18.1 Å². The summed E-state index contributed by atoms with van der Waals surface area (Å²) in [6, 6.07) is 12.8. The lowest BCUT2D eigenvalue weighted by molar-refractivity contribution is -0.153. The average Bonchev–Trinajstić information content (AvgIpc) is 3.12. The standard InChI is InChI=1S/C23H24FN3O3/c1-3-5-14-26-21(28)19(22(29)30-4-2)20(15-10-12-16(24)13-11-15)27-18-9-7-6-8-17(18)25-23(26)27/h6-13,19-20H,3-5,14H2,1-2H3/t19-,20-/m0/s1. The predicted octanol–water partition coefficient (Wildman–Crippen LogP) is 4.09. The number of amides is 1. The molecule has 0 saturated heterocycles. The molecule has 1 aliphatic rings. The number of carbonyl (C=O) groups is 2. The molecule has 1 aliphatic heterocycles. The maximum atomic E-state index is 13.6. The first-order valence-corrected chi connectivity index (χ1v) is 10.3. The number of hydrogen-bond acceptors (Lipinski definition) is 4. The fraction of sp³-hybridized carbons (Fsp3) is 0.348. The molecule has 0 bridgehead atoms. The minimum absolute atomic E-state index is 0.172. The number of unbranched alkanes of at least 4 members (excludes halogenated alkanes) is 1. The highest BCUT2D eigenvalue weighted by molar-refractivity contribution is 6.08. The summed E-state index contributed by atoms with van der Waals surface area (Å²) in [5.74, 6) is -1.86. The van der Waals surface area contributed by atoms with Crippen molar-refractivity contribution in [2.24, 2.45) is 5.92 Å². The minimum atomic E-state index is -1.07. The zero-order chi connectivity index (χ0) is 21.3. The van der Waals surface area contributed by atoms with Crippen molar-refractivity contribution < 1.29 is 18.7 Å². The zero-order valence-corrected chi connectivity index (χ0v) is 17.0. The minimum Gasteiger partial charge on any atom is -0.465 e. The highest BCUT2D eigenvalue weighted by Crippen LogP contribution is 2.41. The van der Waals surface area contributed by atoms with Crippen molar-refractivity contribution in [2.75, 3.05) is 18.1 Å². The van der Waals surface area contributed by atoms with Crippen LogP contribution in [-0.2, 0) is 14.3 Å². The molecule has 0 aliphatic carbocycles. The van der Waals surface area contributed by atoms with Gasteiger partial charge in [-0.25, -0.2) is 9.37 Å². The number of carbonyl (C=O) groups excluding carboxylic acids is 2. The van der Waals surface area contributed by atoms with E-state index in [9.17, 15) is 14.0 Å². The molecule has 3 aromatic rings. The van der Waals surface area contributed by atoms with E-state index in [-0.39, 0.29) is 18.3 Å². The monoisotopic (exact) mass is 409 g/mol. The molecule has 0 spiro atoms. The highest BCUT2D eigenvalue weighted by atomic mass is 19.1. The Morgan fingerprint density at radius 3 is 2.57 bits per heavy atom. The normalized spacial score (nSPS) is 18.5. The molecule has 2 aromatic carbocycles. The summed E-state index contributed by atoms with van der Waals surface area (Å²) in [6.45, 7) is 4.39. The second kappa shape index (κ2) is 8.26. The van der Waals surface area contributed by atoms with Crippen molar-refractivity contribution in [3.63, 3.8) is 0 Å². The molecule has 0 saturated carbocycles. The van der Waals surface area contributed by atoms with Gasteiger partial charge in [-0.2, -0.15) is 0 Å². The molecule has 1 aromatic heterocycles. The second-order valence-corrected chi connectivity index (χ2v) is 7.34. The fourth-order valence-electron chi connectivity index (χ4n) is 4.04. The van der Waals surface area contributed by atoms with Crippen molar-refractivity contribution in [2.45, 2.75) is 32.7 Å². The number of halogens is 1. The Kier molecular flexibility index (Phi) is 5.53. The molecule has 6 nitrogen and oxygen atoms in total. The van der Waals surface area contributed by atoms with Crippen molar-refractivity contribution in [1.82, 2.24) is 9.55 Å². The number of benzene rings is 2. The van der Waals surface area contributed by atoms with Gasteiger partial charge in [-0.15, -0.1) is 0 Å². The van der Waals surface area contributed by atoms with Crippen molar-refractivity contribution in [3.05, 3.63) is 59.9 Å². The number of ether oxygens (including phenoxy) is 1. The van der Waals surface area contributed by atoms with Crippen molar-refractivity contribution in [1.29, 1.82) is 0 Å². The van der Waals surface area contributed by atoms with E-state index in [2.05, 4.69) is 0 Å². The molecular weight excluding hydrogens is 385 g/mol. The summed E-state index contributed by atoms with van der Waals surface area (Å²) in [4.78, 5) is 32.8. The van der Waals surface area contributed by atoms with Gasteiger partial charge in [0.25, 0.3) is 0 Å². The number of rotatable bonds is 6. The summed E-state index contributed by atoms with van der Waals surface area (Å²) >= 11 is 0. The van der Waals surface area contributed by atoms with Gasteiger partial charge in [-0.3, -0.25) is 14.5 Å². The molecule has 0 fully saturated rings. The van der Waals surface area contributed by atoms with Crippen LogP contribution in [0.15, 0.2) is 48.5 Å². The molecule has 4 rings (SSSR count). The lowest BCUT2D eigenvalue weighted by Gasteiger charge is -2.38. The van der Waals surface area contributed by atoms with Gasteiger partial charge in [0.15, 0.2) is 5.92 Å². The lowest BCUT2D eigenvalue weighted by atomic mass is 9.89. The van der Waals surface area contributed by atoms with Gasteiger partial charge >= 0.3 is 5.97 Å². The Labute approximate surface area is 174 Å². The predicted molar refractivity (Wildman–Crippen MR) is 112 cm³/mol. The molecule has 7 heteroatoms. The molecule has 1 amide bonds. The maximum Gasteiger partial charge on any atom is 0.321 e. The van der Waals surface area contributed by atoms with Crippen molar-refractivity contribution >= 4 is 28.9 Å². The van der Waals surface area contributed by atoms with E-state index in [0.717, 1.165) is 23.9 Å². The van der Waals surface area contributed by atoms with Crippen LogP contribution in [0.1, 0.15) is 38.3 Å². The molecule has 0 unspecified atom stereocenters. The molecule has 0 radical (unpaired) electrons. The van der Waals surface area contributed by atoms with Gasteiger partial charge in [0.2, 0.25) is 11.9 Å². The summed E-state index contributed by atoms with van der Waals surface area (Å²) in [6.07, 6.45) is 1.68. The first kappa shape index (κ1) is 20.1. The van der Waals surface area contributed by atoms with Crippen LogP contribution in [0.3, 0.4) is 0 Å². The number of nitrogens with zero attached hydrogens (tertiary/aromatic N) is 3. The number of imidazole rings is 1. The summed E-state index contributed by atoms with van der Waals surface area (Å²) in [5.41, 5.74) is 2.20. The third-order valence-electron chi connectivity index (χ3n) is 5.43. The first-order chi connectivity index (χ1) is 14.6. The van der Waals surface area contributed by atoms with Gasteiger partial charge < -0.3 is 9.30 Å². The molecule has 30 heavy (non-hydrogen) atoms. The number of para-hydroxylation sites is 2. The molecule has 156 valence electrons. The highest BCUT2D eigenvalue weighted by Gasteiger charge is 2.47. The van der Waals surface area contributed by atoms with Crippen LogP contribution >= 0.6 is 0 Å². The Morgan fingerprint density at radius 1 is 1.13 bits per heavy atom. The first-order valence-electron chi connectivity index (χ1n) is 10.3. The zero-order valence-electron chi connectivity index (χ0n) is 17.0. The van der Waals surface area contributed by atoms with E-state index in [1.807, 2.05) is 35.8 Å². The van der Waals surface area contributed by atoms with Crippen LogP contribution < -0.4 is 4.90 Å². The van der Waals surface area contributed by atoms with E-state index < -0.39 is 17.9 Å². The Balaban J connectivity index is 1.97. The van der Waals surface area contributed by atoms with Crippen LogP contribution in [0.2, 0.25) is 0 Å². The van der Waals surface area contributed by atoms with Gasteiger partial charge in [0.05, 0.1) is 23.7 Å². The molecule has 2 atom stereocenters. The van der Waals surface area contributed by atoms with E-state index in [1.54, 1.807) is 24.0 Å². The van der Waals surface area contributed by atoms with E-state index >= 15 is 0 Å². The van der Waals surface area contributed by atoms with E-state index in [1.165, 1.54) is 12.1 Å². The summed E-state index contributed by atoms with van der Waals surface area (Å²) in [5, 5.41) is 0. The van der Waals surface area contributed by atoms with Gasteiger partial charge in [0, 0.05) is 6.54 Å². The molecular formula is C23H24FN3O3. The third-order valence-corrected chi connectivity index (χ3v) is 5.43. The van der Waals surface area contributed by atoms with Crippen molar-refractivity contribution in [3.8, 4) is 0 Å². The second-order valence-electron chi connectivity index (χ2n) is 7.34.